The Morgan fingerprint density at radius 3 is 2.53 bits per heavy atom. The summed E-state index contributed by atoms with van der Waals surface area (Å²) in [6.07, 6.45) is 11.7. The van der Waals surface area contributed by atoms with Gasteiger partial charge in [0.15, 0.2) is 0 Å². The number of carbonyl (C=O) groups is 1. The molecule has 2 aliphatic rings. The molecule has 19 heavy (non-hydrogen) atoms. The third-order valence-electron chi connectivity index (χ3n) is 5.23. The van der Waals surface area contributed by atoms with Crippen molar-refractivity contribution in [2.75, 3.05) is 6.54 Å². The van der Waals surface area contributed by atoms with Crippen LogP contribution in [0.2, 0.25) is 0 Å². The summed E-state index contributed by atoms with van der Waals surface area (Å²) in [5.74, 6) is 0.304. The molecule has 1 N–H and O–H groups in total. The predicted molar refractivity (Wildman–Crippen MR) is 77.3 cm³/mol. The van der Waals surface area contributed by atoms with Crippen molar-refractivity contribution in [3.63, 3.8) is 0 Å². The van der Waals surface area contributed by atoms with E-state index in [1.807, 2.05) is 0 Å². The summed E-state index contributed by atoms with van der Waals surface area (Å²) in [7, 11) is 0. The molecule has 0 aromatic heterocycles. The van der Waals surface area contributed by atoms with Crippen LogP contribution in [0, 0.1) is 5.92 Å². The fraction of sp³-hybridized carbons (Fsp3) is 0.938. The fourth-order valence-electron chi connectivity index (χ4n) is 3.99. The van der Waals surface area contributed by atoms with Gasteiger partial charge in [-0.2, -0.15) is 0 Å². The van der Waals surface area contributed by atoms with Gasteiger partial charge in [-0.05, 0) is 57.4 Å². The molecule has 2 rings (SSSR count). The van der Waals surface area contributed by atoms with Crippen LogP contribution in [0.15, 0.2) is 0 Å². The Bertz CT molecular complexity index is 284. The molecule has 0 amide bonds. The molecule has 1 unspecified atom stereocenters. The standard InChI is InChI=1S/C16H29NO2/c1-2-13-6-8-15(9-7-13)17-12-4-3-5-14(17)10-11-16(18)19/h13-15H,2-12H2,1H3,(H,18,19). The smallest absolute Gasteiger partial charge is 0.303 e. The van der Waals surface area contributed by atoms with Crippen LogP contribution in [-0.4, -0.2) is 34.6 Å². The van der Waals surface area contributed by atoms with Crippen LogP contribution in [0.4, 0.5) is 0 Å². The second kappa shape index (κ2) is 7.28. The minimum atomic E-state index is -0.639. The molecule has 0 radical (unpaired) electrons. The highest BCUT2D eigenvalue weighted by Crippen LogP contribution is 2.33. The topological polar surface area (TPSA) is 40.5 Å². The highest BCUT2D eigenvalue weighted by Gasteiger charge is 2.31. The van der Waals surface area contributed by atoms with Crippen LogP contribution in [0.5, 0.6) is 0 Å². The van der Waals surface area contributed by atoms with E-state index >= 15 is 0 Å². The first-order valence-corrected chi connectivity index (χ1v) is 8.18. The van der Waals surface area contributed by atoms with Gasteiger partial charge < -0.3 is 5.11 Å². The average Bonchev–Trinajstić information content (AvgIpc) is 2.45. The van der Waals surface area contributed by atoms with Crippen LogP contribution in [0.3, 0.4) is 0 Å². The van der Waals surface area contributed by atoms with E-state index in [-0.39, 0.29) is 0 Å². The van der Waals surface area contributed by atoms with Gasteiger partial charge in [0.25, 0.3) is 0 Å². The number of piperidine rings is 1. The maximum absolute atomic E-state index is 10.8. The summed E-state index contributed by atoms with van der Waals surface area (Å²) in [5.41, 5.74) is 0. The second-order valence-corrected chi connectivity index (χ2v) is 6.40. The normalized spacial score (nSPS) is 33.2. The van der Waals surface area contributed by atoms with Gasteiger partial charge in [-0.3, -0.25) is 9.69 Å². The quantitative estimate of drug-likeness (QED) is 0.826. The van der Waals surface area contributed by atoms with Gasteiger partial charge in [0, 0.05) is 18.5 Å². The minimum absolute atomic E-state index is 0.339. The number of carboxylic acids is 1. The zero-order valence-corrected chi connectivity index (χ0v) is 12.3. The molecule has 1 aliphatic heterocycles. The lowest BCUT2D eigenvalue weighted by molar-refractivity contribution is -0.137. The second-order valence-electron chi connectivity index (χ2n) is 6.40. The fourth-order valence-corrected chi connectivity index (χ4v) is 3.99. The van der Waals surface area contributed by atoms with Crippen molar-refractivity contribution in [3.8, 4) is 0 Å². The van der Waals surface area contributed by atoms with Crippen LogP contribution in [0.25, 0.3) is 0 Å². The van der Waals surface area contributed by atoms with E-state index < -0.39 is 5.97 Å². The molecular weight excluding hydrogens is 238 g/mol. The number of hydrogen-bond donors (Lipinski definition) is 1. The number of aliphatic carboxylic acids is 1. The highest BCUT2D eigenvalue weighted by molar-refractivity contribution is 5.66. The Hall–Kier alpha value is -0.570. The average molecular weight is 267 g/mol. The number of likely N-dealkylation sites (tertiary alicyclic amines) is 1. The van der Waals surface area contributed by atoms with E-state index in [0.717, 1.165) is 18.4 Å². The molecule has 1 saturated carbocycles. The van der Waals surface area contributed by atoms with Crippen molar-refractivity contribution < 1.29 is 9.90 Å². The molecule has 3 heteroatoms. The summed E-state index contributed by atoms with van der Waals surface area (Å²) in [4.78, 5) is 13.5. The zero-order valence-electron chi connectivity index (χ0n) is 12.3. The first kappa shape index (κ1) is 14.8. The van der Waals surface area contributed by atoms with Crippen LogP contribution < -0.4 is 0 Å². The Kier molecular flexibility index (Phi) is 5.68. The molecule has 0 bridgehead atoms. The lowest BCUT2D eigenvalue weighted by atomic mass is 9.82. The summed E-state index contributed by atoms with van der Waals surface area (Å²) >= 11 is 0. The van der Waals surface area contributed by atoms with Gasteiger partial charge in [-0.15, -0.1) is 0 Å². The van der Waals surface area contributed by atoms with Crippen molar-refractivity contribution in [1.82, 2.24) is 4.90 Å². The van der Waals surface area contributed by atoms with Crippen molar-refractivity contribution in [2.24, 2.45) is 5.92 Å². The summed E-state index contributed by atoms with van der Waals surface area (Å²) in [6, 6.07) is 1.27. The Labute approximate surface area is 117 Å². The molecule has 1 saturated heterocycles. The Morgan fingerprint density at radius 1 is 1.16 bits per heavy atom. The monoisotopic (exact) mass is 267 g/mol. The van der Waals surface area contributed by atoms with Crippen LogP contribution in [-0.2, 0) is 4.79 Å². The van der Waals surface area contributed by atoms with Gasteiger partial charge >= 0.3 is 5.97 Å². The lowest BCUT2D eigenvalue weighted by Crippen LogP contribution is -2.47. The maximum Gasteiger partial charge on any atom is 0.303 e. The van der Waals surface area contributed by atoms with E-state index in [9.17, 15) is 4.79 Å². The van der Waals surface area contributed by atoms with Gasteiger partial charge in [0.05, 0.1) is 0 Å². The molecule has 3 nitrogen and oxygen atoms in total. The van der Waals surface area contributed by atoms with Gasteiger partial charge in [0.2, 0.25) is 0 Å². The third-order valence-corrected chi connectivity index (χ3v) is 5.23. The molecule has 0 aromatic carbocycles. The third kappa shape index (κ3) is 4.20. The van der Waals surface area contributed by atoms with E-state index in [1.54, 1.807) is 0 Å². The Morgan fingerprint density at radius 2 is 1.89 bits per heavy atom. The van der Waals surface area contributed by atoms with Crippen LogP contribution >= 0.6 is 0 Å². The summed E-state index contributed by atoms with van der Waals surface area (Å²) in [5, 5.41) is 8.89. The first-order valence-electron chi connectivity index (χ1n) is 8.18. The molecule has 1 heterocycles. The molecule has 1 atom stereocenters. The molecule has 110 valence electrons. The number of hydrogen-bond acceptors (Lipinski definition) is 2. The van der Waals surface area contributed by atoms with Crippen molar-refractivity contribution in [3.05, 3.63) is 0 Å². The molecule has 0 aromatic rings. The largest absolute Gasteiger partial charge is 0.481 e. The van der Waals surface area contributed by atoms with Crippen molar-refractivity contribution in [2.45, 2.75) is 83.2 Å². The maximum atomic E-state index is 10.8. The lowest BCUT2D eigenvalue weighted by Gasteiger charge is -2.44. The number of nitrogens with zero attached hydrogens (tertiary/aromatic N) is 1. The van der Waals surface area contributed by atoms with Crippen molar-refractivity contribution in [1.29, 1.82) is 0 Å². The highest BCUT2D eigenvalue weighted by atomic mass is 16.4. The van der Waals surface area contributed by atoms with E-state index in [1.165, 1.54) is 57.9 Å². The van der Waals surface area contributed by atoms with Crippen LogP contribution in [0.1, 0.15) is 71.1 Å². The van der Waals surface area contributed by atoms with E-state index in [0.29, 0.717) is 12.5 Å². The predicted octanol–water partition coefficient (Wildman–Crippen LogP) is 3.67. The van der Waals surface area contributed by atoms with E-state index in [4.69, 9.17) is 5.11 Å². The molecule has 2 fully saturated rings. The minimum Gasteiger partial charge on any atom is -0.481 e. The summed E-state index contributed by atoms with van der Waals surface area (Å²) < 4.78 is 0. The zero-order chi connectivity index (χ0) is 13.7. The number of carboxylic acid groups (broad SMARTS) is 1. The van der Waals surface area contributed by atoms with Crippen molar-refractivity contribution >= 4 is 5.97 Å². The first-order chi connectivity index (χ1) is 9.20. The molecular formula is C16H29NO2. The van der Waals surface area contributed by atoms with E-state index in [2.05, 4.69) is 11.8 Å². The Balaban J connectivity index is 1.86. The SMILES string of the molecule is CCC1CCC(N2CCCCC2CCC(=O)O)CC1. The van der Waals surface area contributed by atoms with Gasteiger partial charge in [-0.25, -0.2) is 0 Å². The molecule has 0 spiro atoms. The van der Waals surface area contributed by atoms with Gasteiger partial charge in [0.1, 0.15) is 0 Å². The summed E-state index contributed by atoms with van der Waals surface area (Å²) in [6.45, 7) is 3.51. The van der Waals surface area contributed by atoms with Gasteiger partial charge in [-0.1, -0.05) is 19.8 Å². The molecule has 1 aliphatic carbocycles. The number of rotatable bonds is 5.